The number of thioether (sulfide) groups is 1. The zero-order valence-electron chi connectivity index (χ0n) is 13.3. The quantitative estimate of drug-likeness (QED) is 0.526. The van der Waals surface area contributed by atoms with Gasteiger partial charge in [-0.1, -0.05) is 12.8 Å². The van der Waals surface area contributed by atoms with Gasteiger partial charge in [0, 0.05) is 6.54 Å². The van der Waals surface area contributed by atoms with Crippen LogP contribution in [0.25, 0.3) is 6.08 Å². The normalized spacial score (nSPS) is 15.8. The second-order valence-electron chi connectivity index (χ2n) is 4.86. The number of imide groups is 1. The number of benzene rings is 1. The van der Waals surface area contributed by atoms with Crippen LogP contribution >= 0.6 is 27.7 Å². The predicted octanol–water partition coefficient (Wildman–Crippen LogP) is 3.92. The van der Waals surface area contributed by atoms with Crippen molar-refractivity contribution in [3.8, 4) is 23.8 Å². The topological polar surface area (TPSA) is 55.8 Å². The van der Waals surface area contributed by atoms with E-state index in [1.165, 1.54) is 12.0 Å². The first kappa shape index (κ1) is 18.4. The van der Waals surface area contributed by atoms with Gasteiger partial charge in [0.05, 0.1) is 16.5 Å². The summed E-state index contributed by atoms with van der Waals surface area (Å²) in [6.07, 6.45) is 7.60. The molecule has 0 N–H and O–H groups in total. The minimum Gasteiger partial charge on any atom is -0.493 e. The number of halogens is 1. The third-order valence-corrected chi connectivity index (χ3v) is 4.67. The second kappa shape index (κ2) is 8.27. The largest absolute Gasteiger partial charge is 0.493 e. The van der Waals surface area contributed by atoms with E-state index in [0.29, 0.717) is 33.0 Å². The van der Waals surface area contributed by atoms with Crippen molar-refractivity contribution < 1.29 is 19.1 Å². The molecule has 1 aliphatic rings. The molecule has 0 atom stereocenters. The molecule has 0 aliphatic carbocycles. The maximum Gasteiger partial charge on any atom is 0.293 e. The maximum atomic E-state index is 12.3. The molecule has 1 aromatic carbocycles. The average Bonchev–Trinajstić information content (AvgIpc) is 2.81. The summed E-state index contributed by atoms with van der Waals surface area (Å²) in [6.45, 7) is 2.46. The summed E-state index contributed by atoms with van der Waals surface area (Å²) < 4.78 is 11.4. The van der Waals surface area contributed by atoms with E-state index < -0.39 is 0 Å². The molecule has 7 heteroatoms. The number of rotatable bonds is 6. The Morgan fingerprint density at radius 3 is 2.79 bits per heavy atom. The average molecular weight is 410 g/mol. The van der Waals surface area contributed by atoms with E-state index in [1.54, 1.807) is 18.2 Å². The summed E-state index contributed by atoms with van der Waals surface area (Å²) in [6, 6.07) is 3.51. The molecule has 0 saturated carbocycles. The lowest BCUT2D eigenvalue weighted by Gasteiger charge is -2.12. The van der Waals surface area contributed by atoms with Crippen molar-refractivity contribution in [1.29, 1.82) is 0 Å². The summed E-state index contributed by atoms with van der Waals surface area (Å²) in [4.78, 5) is 25.8. The highest BCUT2D eigenvalue weighted by Crippen LogP contribution is 2.39. The minimum atomic E-state index is -0.269. The maximum absolute atomic E-state index is 12.3. The fraction of sp³-hybridized carbons (Fsp3) is 0.294. The second-order valence-corrected chi connectivity index (χ2v) is 6.71. The van der Waals surface area contributed by atoms with Crippen LogP contribution < -0.4 is 9.47 Å². The van der Waals surface area contributed by atoms with E-state index in [4.69, 9.17) is 15.9 Å². The number of hydrogen-bond donors (Lipinski definition) is 0. The number of nitrogens with zero attached hydrogens (tertiary/aromatic N) is 1. The Kier molecular flexibility index (Phi) is 6.35. The van der Waals surface area contributed by atoms with Gasteiger partial charge in [0.1, 0.15) is 6.61 Å². The molecule has 0 unspecified atom stereocenters. The zero-order chi connectivity index (χ0) is 17.7. The molecule has 1 aromatic rings. The van der Waals surface area contributed by atoms with Crippen molar-refractivity contribution in [2.24, 2.45) is 0 Å². The van der Waals surface area contributed by atoms with E-state index in [9.17, 15) is 9.59 Å². The van der Waals surface area contributed by atoms with Gasteiger partial charge >= 0.3 is 0 Å². The molecule has 1 aliphatic heterocycles. The van der Waals surface area contributed by atoms with Gasteiger partial charge in [-0.25, -0.2) is 0 Å². The van der Waals surface area contributed by atoms with Crippen LogP contribution in [0.15, 0.2) is 21.5 Å². The van der Waals surface area contributed by atoms with Crippen LogP contribution in [0.1, 0.15) is 18.9 Å². The van der Waals surface area contributed by atoms with Crippen LogP contribution in [0.2, 0.25) is 0 Å². The van der Waals surface area contributed by atoms with Gasteiger partial charge in [-0.3, -0.25) is 14.5 Å². The molecular weight excluding hydrogens is 394 g/mol. The number of carbonyl (C=O) groups is 2. The molecule has 0 aromatic heterocycles. The van der Waals surface area contributed by atoms with E-state index >= 15 is 0 Å². The third kappa shape index (κ3) is 3.94. The summed E-state index contributed by atoms with van der Waals surface area (Å²) in [7, 11) is 1.52. The Morgan fingerprint density at radius 2 is 2.17 bits per heavy atom. The van der Waals surface area contributed by atoms with Gasteiger partial charge < -0.3 is 9.47 Å². The van der Waals surface area contributed by atoms with Gasteiger partial charge in [0.25, 0.3) is 11.1 Å². The molecule has 2 rings (SSSR count). The number of hydrogen-bond acceptors (Lipinski definition) is 5. The van der Waals surface area contributed by atoms with Crippen molar-refractivity contribution in [2.45, 2.75) is 13.3 Å². The van der Waals surface area contributed by atoms with E-state index in [1.807, 2.05) is 6.92 Å². The van der Waals surface area contributed by atoms with Gasteiger partial charge in [-0.15, -0.1) is 6.42 Å². The molecule has 126 valence electrons. The predicted molar refractivity (Wildman–Crippen MR) is 98.0 cm³/mol. The van der Waals surface area contributed by atoms with Gasteiger partial charge in [-0.2, -0.15) is 0 Å². The molecule has 1 heterocycles. The van der Waals surface area contributed by atoms with Crippen molar-refractivity contribution >= 4 is 44.9 Å². The Bertz CT molecular complexity index is 739. The number of methoxy groups -OCH3 is 1. The molecule has 0 bridgehead atoms. The standard InChI is InChI=1S/C17H16BrNO4S/c1-4-6-19-16(20)14(24-17(19)21)10-11-8-12(18)15(23-7-5-2)13(9-11)22-3/h2,8-10H,4,6-7H2,1,3H3/b14-10+. The molecule has 5 nitrogen and oxygen atoms in total. The molecule has 0 radical (unpaired) electrons. The molecular formula is C17H16BrNO4S. The fourth-order valence-corrected chi connectivity index (χ4v) is 3.58. The number of ether oxygens (including phenoxy) is 2. The summed E-state index contributed by atoms with van der Waals surface area (Å²) in [5, 5.41) is -0.242. The van der Waals surface area contributed by atoms with Gasteiger partial charge in [0.15, 0.2) is 11.5 Å². The molecule has 1 fully saturated rings. The lowest BCUT2D eigenvalue weighted by atomic mass is 10.2. The Balaban J connectivity index is 2.33. The first-order chi connectivity index (χ1) is 11.5. The zero-order valence-corrected chi connectivity index (χ0v) is 15.7. The number of amides is 2. The van der Waals surface area contributed by atoms with Crippen LogP contribution in [-0.2, 0) is 4.79 Å². The Labute approximate surface area is 153 Å². The minimum absolute atomic E-state index is 0.115. The number of terminal acetylenes is 1. The fourth-order valence-electron chi connectivity index (χ4n) is 2.14. The molecule has 2 amide bonds. The smallest absolute Gasteiger partial charge is 0.293 e. The Hall–Kier alpha value is -1.91. The highest BCUT2D eigenvalue weighted by Gasteiger charge is 2.34. The van der Waals surface area contributed by atoms with Gasteiger partial charge in [-0.05, 0) is 57.9 Å². The number of carbonyl (C=O) groups excluding carboxylic acids is 2. The van der Waals surface area contributed by atoms with E-state index in [0.717, 1.165) is 18.2 Å². The van der Waals surface area contributed by atoms with E-state index in [-0.39, 0.29) is 17.8 Å². The third-order valence-electron chi connectivity index (χ3n) is 3.17. The highest BCUT2D eigenvalue weighted by atomic mass is 79.9. The summed E-state index contributed by atoms with van der Waals surface area (Å²) >= 11 is 4.35. The first-order valence-electron chi connectivity index (χ1n) is 7.21. The summed E-state index contributed by atoms with van der Waals surface area (Å²) in [5.74, 6) is 3.10. The van der Waals surface area contributed by atoms with Crippen LogP contribution in [-0.4, -0.2) is 36.3 Å². The molecule has 0 spiro atoms. The van der Waals surface area contributed by atoms with Crippen LogP contribution in [0.3, 0.4) is 0 Å². The SMILES string of the molecule is C#CCOc1c(Br)cc(/C=C2/SC(=O)N(CCC)C2=O)cc1OC. The monoisotopic (exact) mass is 409 g/mol. The molecule has 24 heavy (non-hydrogen) atoms. The van der Waals surface area contributed by atoms with Crippen LogP contribution in [0.4, 0.5) is 4.79 Å². The molecule has 1 saturated heterocycles. The Morgan fingerprint density at radius 1 is 1.42 bits per heavy atom. The lowest BCUT2D eigenvalue weighted by molar-refractivity contribution is -0.122. The van der Waals surface area contributed by atoms with Gasteiger partial charge in [0.2, 0.25) is 0 Å². The van der Waals surface area contributed by atoms with Crippen molar-refractivity contribution in [1.82, 2.24) is 4.90 Å². The first-order valence-corrected chi connectivity index (χ1v) is 8.81. The van der Waals surface area contributed by atoms with Crippen molar-refractivity contribution in [2.75, 3.05) is 20.3 Å². The highest BCUT2D eigenvalue weighted by molar-refractivity contribution is 9.10. The van der Waals surface area contributed by atoms with Crippen LogP contribution in [0.5, 0.6) is 11.5 Å². The summed E-state index contributed by atoms with van der Waals surface area (Å²) in [5.41, 5.74) is 0.716. The van der Waals surface area contributed by atoms with E-state index in [2.05, 4.69) is 21.9 Å². The van der Waals surface area contributed by atoms with Crippen LogP contribution in [0, 0.1) is 12.3 Å². The lowest BCUT2D eigenvalue weighted by Crippen LogP contribution is -2.28. The van der Waals surface area contributed by atoms with Crippen molar-refractivity contribution in [3.63, 3.8) is 0 Å². The van der Waals surface area contributed by atoms with Crippen molar-refractivity contribution in [3.05, 3.63) is 27.1 Å².